The van der Waals surface area contributed by atoms with E-state index >= 15 is 0 Å². The highest BCUT2D eigenvalue weighted by molar-refractivity contribution is 7.89. The van der Waals surface area contributed by atoms with E-state index in [4.69, 9.17) is 9.47 Å². The molecule has 1 aliphatic carbocycles. The maximum atomic E-state index is 12.6. The van der Waals surface area contributed by atoms with Crippen molar-refractivity contribution in [1.82, 2.24) is 9.62 Å². The summed E-state index contributed by atoms with van der Waals surface area (Å²) in [6.45, 7) is 3.97. The molecule has 1 saturated carbocycles. The van der Waals surface area contributed by atoms with Gasteiger partial charge in [-0.25, -0.2) is 17.9 Å². The molecule has 1 amide bonds. The first-order chi connectivity index (χ1) is 11.3. The number of amides is 1. The molecule has 0 aromatic heterocycles. The monoisotopic (exact) mass is 354 g/mol. The highest BCUT2D eigenvalue weighted by Crippen LogP contribution is 2.31. The topological polar surface area (TPSA) is 84.9 Å². The van der Waals surface area contributed by atoms with Gasteiger partial charge in [-0.3, -0.25) is 0 Å². The quantitative estimate of drug-likeness (QED) is 0.838. The van der Waals surface area contributed by atoms with Crippen LogP contribution in [0.2, 0.25) is 0 Å². The second-order valence-electron chi connectivity index (χ2n) is 6.33. The summed E-state index contributed by atoms with van der Waals surface area (Å²) < 4.78 is 38.2. The minimum absolute atomic E-state index is 0.0716. The Morgan fingerprint density at radius 3 is 2.46 bits per heavy atom. The zero-order chi connectivity index (χ0) is 17.5. The molecule has 24 heavy (non-hydrogen) atoms. The fourth-order valence-electron chi connectivity index (χ4n) is 3.06. The Morgan fingerprint density at radius 2 is 1.92 bits per heavy atom. The Kier molecular flexibility index (Phi) is 4.44. The van der Waals surface area contributed by atoms with Gasteiger partial charge in [0.1, 0.15) is 11.9 Å². The summed E-state index contributed by atoms with van der Waals surface area (Å²) in [7, 11) is -2.15. The van der Waals surface area contributed by atoms with Crippen LogP contribution in [0.3, 0.4) is 0 Å². The second kappa shape index (κ2) is 6.25. The van der Waals surface area contributed by atoms with Crippen molar-refractivity contribution in [2.45, 2.75) is 43.7 Å². The Labute approximate surface area is 142 Å². The number of hydrogen-bond donors (Lipinski definition) is 1. The fraction of sp³-hybridized carbons (Fsp3) is 0.562. The van der Waals surface area contributed by atoms with Gasteiger partial charge >= 0.3 is 6.09 Å². The predicted octanol–water partition coefficient (Wildman–Crippen LogP) is 1.57. The summed E-state index contributed by atoms with van der Waals surface area (Å²) in [6, 6.07) is 3.64. The molecule has 0 spiro atoms. The summed E-state index contributed by atoms with van der Waals surface area (Å²) in [5.41, 5.74) is 1.23. The number of benzene rings is 1. The number of sulfonamides is 1. The first-order valence-corrected chi connectivity index (χ1v) is 9.42. The number of nitrogens with zero attached hydrogens (tertiary/aromatic N) is 1. The van der Waals surface area contributed by atoms with Crippen LogP contribution in [0.1, 0.15) is 24.0 Å². The lowest BCUT2D eigenvalue weighted by atomic mass is 10.1. The van der Waals surface area contributed by atoms with Crippen LogP contribution < -0.4 is 9.46 Å². The third kappa shape index (κ3) is 3.34. The van der Waals surface area contributed by atoms with Crippen LogP contribution in [0.15, 0.2) is 17.0 Å². The van der Waals surface area contributed by atoms with Crippen LogP contribution in [-0.2, 0) is 14.8 Å². The fourth-order valence-corrected chi connectivity index (χ4v) is 4.57. The molecule has 1 aromatic carbocycles. The van der Waals surface area contributed by atoms with Gasteiger partial charge in [-0.05, 0) is 49.9 Å². The molecule has 7 nitrogen and oxygen atoms in total. The standard InChI is InChI=1S/C16H22N2O5S/c1-10-6-13(22-3)7-11(2)15(10)24(20,21)17-8-14-9-18(12-4-5-12)16(19)23-14/h6-7,12,14,17H,4-5,8-9H2,1-3H3. The molecule has 8 heteroatoms. The van der Waals surface area contributed by atoms with Gasteiger partial charge in [0.2, 0.25) is 10.0 Å². The van der Waals surface area contributed by atoms with Crippen LogP contribution in [-0.4, -0.2) is 51.8 Å². The SMILES string of the molecule is COc1cc(C)c(S(=O)(=O)NCC2CN(C3CC3)C(=O)O2)c(C)c1. The molecule has 1 N–H and O–H groups in total. The maximum absolute atomic E-state index is 12.6. The van der Waals surface area contributed by atoms with Crippen LogP contribution in [0, 0.1) is 13.8 Å². The molecule has 1 aromatic rings. The number of rotatable bonds is 6. The lowest BCUT2D eigenvalue weighted by Crippen LogP contribution is -2.35. The summed E-state index contributed by atoms with van der Waals surface area (Å²) in [4.78, 5) is 13.7. The largest absolute Gasteiger partial charge is 0.497 e. The number of aryl methyl sites for hydroxylation is 2. The van der Waals surface area contributed by atoms with E-state index < -0.39 is 16.1 Å². The first-order valence-electron chi connectivity index (χ1n) is 7.94. The zero-order valence-corrected chi connectivity index (χ0v) is 14.9. The number of carbonyl (C=O) groups is 1. The van der Waals surface area contributed by atoms with Gasteiger partial charge in [0.15, 0.2) is 0 Å². The number of hydrogen-bond acceptors (Lipinski definition) is 5. The molecular weight excluding hydrogens is 332 g/mol. The molecule has 1 heterocycles. The minimum atomic E-state index is -3.69. The van der Waals surface area contributed by atoms with Crippen molar-refractivity contribution in [2.24, 2.45) is 0 Å². The van der Waals surface area contributed by atoms with E-state index in [1.54, 1.807) is 38.0 Å². The van der Waals surface area contributed by atoms with Crippen LogP contribution in [0.5, 0.6) is 5.75 Å². The van der Waals surface area contributed by atoms with Crippen LogP contribution >= 0.6 is 0 Å². The van der Waals surface area contributed by atoms with Gasteiger partial charge in [0.05, 0.1) is 18.6 Å². The Hall–Kier alpha value is -1.80. The van der Waals surface area contributed by atoms with Crippen molar-refractivity contribution in [1.29, 1.82) is 0 Å². The molecule has 1 atom stereocenters. The molecule has 0 radical (unpaired) electrons. The van der Waals surface area contributed by atoms with Gasteiger partial charge in [0, 0.05) is 12.6 Å². The summed E-state index contributed by atoms with van der Waals surface area (Å²) in [6.07, 6.45) is 1.19. The summed E-state index contributed by atoms with van der Waals surface area (Å²) in [5, 5.41) is 0. The normalized spacial score (nSPS) is 21.0. The van der Waals surface area contributed by atoms with E-state index in [1.807, 2.05) is 0 Å². The molecule has 1 saturated heterocycles. The van der Waals surface area contributed by atoms with Gasteiger partial charge in [-0.1, -0.05) is 0 Å². The molecule has 132 valence electrons. The molecule has 1 aliphatic heterocycles. The molecule has 0 bridgehead atoms. The molecule has 1 unspecified atom stereocenters. The van der Waals surface area contributed by atoms with Crippen molar-refractivity contribution in [3.05, 3.63) is 23.3 Å². The Balaban J connectivity index is 1.70. The highest BCUT2D eigenvalue weighted by Gasteiger charge is 2.41. The molecule has 2 fully saturated rings. The van der Waals surface area contributed by atoms with Crippen LogP contribution in [0.25, 0.3) is 0 Å². The van der Waals surface area contributed by atoms with E-state index in [-0.39, 0.29) is 23.6 Å². The number of carbonyl (C=O) groups excluding carboxylic acids is 1. The smallest absolute Gasteiger partial charge is 0.410 e. The van der Waals surface area contributed by atoms with Gasteiger partial charge in [0.25, 0.3) is 0 Å². The average Bonchev–Trinajstić information content (AvgIpc) is 3.27. The second-order valence-corrected chi connectivity index (χ2v) is 8.04. The minimum Gasteiger partial charge on any atom is -0.497 e. The summed E-state index contributed by atoms with van der Waals surface area (Å²) in [5.74, 6) is 0.619. The average molecular weight is 354 g/mol. The molecule has 2 aliphatic rings. The van der Waals surface area contributed by atoms with Gasteiger partial charge in [-0.15, -0.1) is 0 Å². The summed E-state index contributed by atoms with van der Waals surface area (Å²) >= 11 is 0. The van der Waals surface area contributed by atoms with E-state index in [9.17, 15) is 13.2 Å². The maximum Gasteiger partial charge on any atom is 0.410 e. The molecular formula is C16H22N2O5S. The van der Waals surface area contributed by atoms with Gasteiger partial charge < -0.3 is 14.4 Å². The van der Waals surface area contributed by atoms with E-state index in [1.165, 1.54) is 0 Å². The van der Waals surface area contributed by atoms with Gasteiger partial charge in [-0.2, -0.15) is 0 Å². The van der Waals surface area contributed by atoms with E-state index in [0.29, 0.717) is 23.4 Å². The van der Waals surface area contributed by atoms with Crippen molar-refractivity contribution >= 4 is 16.1 Å². The van der Waals surface area contributed by atoms with Crippen molar-refractivity contribution in [2.75, 3.05) is 20.2 Å². The third-order valence-electron chi connectivity index (χ3n) is 4.33. The predicted molar refractivity (Wildman–Crippen MR) is 87.7 cm³/mol. The van der Waals surface area contributed by atoms with Crippen molar-refractivity contribution in [3.8, 4) is 5.75 Å². The number of methoxy groups -OCH3 is 1. The zero-order valence-electron chi connectivity index (χ0n) is 14.0. The lowest BCUT2D eigenvalue weighted by molar-refractivity contribution is 0.133. The van der Waals surface area contributed by atoms with Crippen molar-refractivity contribution < 1.29 is 22.7 Å². The number of nitrogens with one attached hydrogen (secondary N) is 1. The number of ether oxygens (including phenoxy) is 2. The third-order valence-corrected chi connectivity index (χ3v) is 6.06. The molecule has 3 rings (SSSR count). The van der Waals surface area contributed by atoms with E-state index in [2.05, 4.69) is 4.72 Å². The number of cyclic esters (lactones) is 1. The highest BCUT2D eigenvalue weighted by atomic mass is 32.2. The lowest BCUT2D eigenvalue weighted by Gasteiger charge is -2.15. The van der Waals surface area contributed by atoms with Crippen molar-refractivity contribution in [3.63, 3.8) is 0 Å². The Bertz CT molecular complexity index is 735. The van der Waals surface area contributed by atoms with Crippen LogP contribution in [0.4, 0.5) is 4.79 Å². The first kappa shape index (κ1) is 17.0. The van der Waals surface area contributed by atoms with E-state index in [0.717, 1.165) is 12.8 Å². The Morgan fingerprint density at radius 1 is 1.29 bits per heavy atom.